The summed E-state index contributed by atoms with van der Waals surface area (Å²) in [6.07, 6.45) is 0.320. The number of aromatic nitrogens is 1. The number of thiazole rings is 1. The summed E-state index contributed by atoms with van der Waals surface area (Å²) in [4.78, 5) is 17.6. The van der Waals surface area contributed by atoms with E-state index in [4.69, 9.17) is 0 Å². The Labute approximate surface area is 145 Å². The number of carbonyl (C=O) groups excluding carboxylic acids is 1. The Morgan fingerprint density at radius 1 is 1.18 bits per heavy atom. The number of nitrogens with one attached hydrogen (secondary N) is 1. The van der Waals surface area contributed by atoms with Gasteiger partial charge in [-0.05, 0) is 32.9 Å². The maximum Gasteiger partial charge on any atom is 0.227 e. The standard InChI is InChI=1S/C16H13BrN2OS2/c17-12-6-7-21-16(12)13-10-22-15(19-13)8-14(20)18-9-11-4-2-1-3-5-11/h1-7,10H,8-9H2,(H,18,20). The predicted molar refractivity (Wildman–Crippen MR) is 95.1 cm³/mol. The van der Waals surface area contributed by atoms with Crippen molar-refractivity contribution in [3.63, 3.8) is 0 Å². The van der Waals surface area contributed by atoms with Crippen molar-refractivity contribution in [1.82, 2.24) is 10.3 Å². The van der Waals surface area contributed by atoms with Crippen LogP contribution in [0.1, 0.15) is 10.6 Å². The molecule has 0 atom stereocenters. The average Bonchev–Trinajstić information content (AvgIpc) is 3.15. The van der Waals surface area contributed by atoms with Crippen LogP contribution < -0.4 is 5.32 Å². The van der Waals surface area contributed by atoms with E-state index in [1.807, 2.05) is 47.2 Å². The molecule has 112 valence electrons. The number of hydrogen-bond acceptors (Lipinski definition) is 4. The van der Waals surface area contributed by atoms with Gasteiger partial charge in [-0.25, -0.2) is 4.98 Å². The molecule has 1 N–H and O–H groups in total. The molecule has 3 rings (SSSR count). The first-order valence-electron chi connectivity index (χ1n) is 6.71. The van der Waals surface area contributed by atoms with E-state index in [2.05, 4.69) is 26.2 Å². The Kier molecular flexibility index (Phi) is 5.02. The molecule has 3 nitrogen and oxygen atoms in total. The van der Waals surface area contributed by atoms with Gasteiger partial charge in [0, 0.05) is 16.4 Å². The monoisotopic (exact) mass is 392 g/mol. The Balaban J connectivity index is 1.58. The predicted octanol–water partition coefficient (Wildman–Crippen LogP) is 4.49. The van der Waals surface area contributed by atoms with Crippen molar-refractivity contribution in [3.05, 3.63) is 62.2 Å². The molecule has 3 aromatic rings. The Morgan fingerprint density at radius 3 is 2.73 bits per heavy atom. The molecule has 6 heteroatoms. The van der Waals surface area contributed by atoms with Gasteiger partial charge in [0.25, 0.3) is 0 Å². The molecule has 0 radical (unpaired) electrons. The van der Waals surface area contributed by atoms with Gasteiger partial charge in [-0.1, -0.05) is 30.3 Å². The van der Waals surface area contributed by atoms with Gasteiger partial charge in [-0.3, -0.25) is 4.79 Å². The summed E-state index contributed by atoms with van der Waals surface area (Å²) in [6.45, 7) is 0.550. The third-order valence-corrected chi connectivity index (χ3v) is 5.75. The molecule has 2 aromatic heterocycles. The Morgan fingerprint density at radius 2 is 2.00 bits per heavy atom. The van der Waals surface area contributed by atoms with Gasteiger partial charge in [0.1, 0.15) is 5.01 Å². The number of thiophene rings is 1. The molecule has 0 saturated carbocycles. The summed E-state index contributed by atoms with van der Waals surface area (Å²) in [7, 11) is 0. The normalized spacial score (nSPS) is 10.6. The van der Waals surface area contributed by atoms with Crippen molar-refractivity contribution >= 4 is 44.5 Å². The fourth-order valence-electron chi connectivity index (χ4n) is 1.97. The number of halogens is 1. The molecule has 1 aromatic carbocycles. The quantitative estimate of drug-likeness (QED) is 0.694. The van der Waals surface area contributed by atoms with E-state index in [0.717, 1.165) is 25.6 Å². The Hall–Kier alpha value is -1.50. The van der Waals surface area contributed by atoms with Crippen LogP contribution in [0.5, 0.6) is 0 Å². The van der Waals surface area contributed by atoms with Crippen LogP contribution in [-0.2, 0) is 17.8 Å². The molecule has 0 spiro atoms. The summed E-state index contributed by atoms with van der Waals surface area (Å²) >= 11 is 6.67. The van der Waals surface area contributed by atoms with Crippen molar-refractivity contribution in [2.24, 2.45) is 0 Å². The summed E-state index contributed by atoms with van der Waals surface area (Å²) in [5.74, 6) is -0.00463. The van der Waals surface area contributed by atoms with Gasteiger partial charge in [-0.2, -0.15) is 0 Å². The fourth-order valence-corrected chi connectivity index (χ4v) is 4.36. The minimum absolute atomic E-state index is 0.00463. The van der Waals surface area contributed by atoms with Crippen LogP contribution in [0.2, 0.25) is 0 Å². The topological polar surface area (TPSA) is 42.0 Å². The highest BCUT2D eigenvalue weighted by atomic mass is 79.9. The molecule has 0 aliphatic rings. The maximum atomic E-state index is 12.0. The van der Waals surface area contributed by atoms with Crippen molar-refractivity contribution in [1.29, 1.82) is 0 Å². The highest BCUT2D eigenvalue weighted by Crippen LogP contribution is 2.33. The first kappa shape index (κ1) is 15.4. The molecule has 0 aliphatic heterocycles. The van der Waals surface area contributed by atoms with Crippen LogP contribution in [0.4, 0.5) is 0 Å². The second-order valence-electron chi connectivity index (χ2n) is 4.66. The third-order valence-electron chi connectivity index (χ3n) is 3.05. The van der Waals surface area contributed by atoms with Crippen molar-refractivity contribution < 1.29 is 4.79 Å². The summed E-state index contributed by atoms with van der Waals surface area (Å²) in [5, 5.41) is 7.77. The third kappa shape index (κ3) is 3.82. The maximum absolute atomic E-state index is 12.0. The lowest BCUT2D eigenvalue weighted by Gasteiger charge is -2.03. The first-order valence-corrected chi connectivity index (χ1v) is 9.26. The average molecular weight is 393 g/mol. The molecular weight excluding hydrogens is 380 g/mol. The van der Waals surface area contributed by atoms with Crippen LogP contribution in [0, 0.1) is 0 Å². The number of nitrogens with zero attached hydrogens (tertiary/aromatic N) is 1. The van der Waals surface area contributed by atoms with E-state index in [1.54, 1.807) is 11.3 Å². The highest BCUT2D eigenvalue weighted by molar-refractivity contribution is 9.10. The molecule has 0 saturated heterocycles. The van der Waals surface area contributed by atoms with Gasteiger partial charge >= 0.3 is 0 Å². The van der Waals surface area contributed by atoms with E-state index in [0.29, 0.717) is 13.0 Å². The van der Waals surface area contributed by atoms with E-state index < -0.39 is 0 Å². The number of hydrogen-bond donors (Lipinski definition) is 1. The minimum Gasteiger partial charge on any atom is -0.352 e. The van der Waals surface area contributed by atoms with Crippen LogP contribution in [-0.4, -0.2) is 10.9 Å². The highest BCUT2D eigenvalue weighted by Gasteiger charge is 2.11. The molecule has 0 aliphatic carbocycles. The zero-order valence-corrected chi connectivity index (χ0v) is 14.8. The fraction of sp³-hybridized carbons (Fsp3) is 0.125. The molecule has 22 heavy (non-hydrogen) atoms. The zero-order chi connectivity index (χ0) is 15.4. The molecule has 0 bridgehead atoms. The van der Waals surface area contributed by atoms with Gasteiger partial charge in [0.2, 0.25) is 5.91 Å². The van der Waals surface area contributed by atoms with E-state index in [9.17, 15) is 4.79 Å². The number of amides is 1. The Bertz CT molecular complexity index is 767. The second-order valence-corrected chi connectivity index (χ2v) is 7.38. The second kappa shape index (κ2) is 7.17. The molecular formula is C16H13BrN2OS2. The molecule has 2 heterocycles. The van der Waals surface area contributed by atoms with Crippen molar-refractivity contribution in [3.8, 4) is 10.6 Å². The number of rotatable bonds is 5. The lowest BCUT2D eigenvalue weighted by molar-refractivity contribution is -0.120. The van der Waals surface area contributed by atoms with Crippen LogP contribution in [0.3, 0.4) is 0 Å². The number of benzene rings is 1. The van der Waals surface area contributed by atoms with E-state index in [-0.39, 0.29) is 5.91 Å². The van der Waals surface area contributed by atoms with Crippen LogP contribution >= 0.6 is 38.6 Å². The summed E-state index contributed by atoms with van der Waals surface area (Å²) < 4.78 is 1.04. The molecule has 1 amide bonds. The minimum atomic E-state index is -0.00463. The number of carbonyl (C=O) groups is 1. The van der Waals surface area contributed by atoms with Gasteiger partial charge in [0.05, 0.1) is 17.0 Å². The summed E-state index contributed by atoms with van der Waals surface area (Å²) in [6, 6.07) is 11.9. The van der Waals surface area contributed by atoms with Gasteiger partial charge in [0.15, 0.2) is 0 Å². The van der Waals surface area contributed by atoms with Crippen molar-refractivity contribution in [2.45, 2.75) is 13.0 Å². The molecule has 0 unspecified atom stereocenters. The van der Waals surface area contributed by atoms with Gasteiger partial charge < -0.3 is 5.32 Å². The SMILES string of the molecule is O=C(Cc1nc(-c2sccc2Br)cs1)NCc1ccccc1. The summed E-state index contributed by atoms with van der Waals surface area (Å²) in [5.41, 5.74) is 2.02. The van der Waals surface area contributed by atoms with E-state index in [1.165, 1.54) is 11.3 Å². The smallest absolute Gasteiger partial charge is 0.227 e. The van der Waals surface area contributed by atoms with Crippen LogP contribution in [0.25, 0.3) is 10.6 Å². The van der Waals surface area contributed by atoms with Crippen molar-refractivity contribution in [2.75, 3.05) is 0 Å². The van der Waals surface area contributed by atoms with Crippen LogP contribution in [0.15, 0.2) is 51.6 Å². The van der Waals surface area contributed by atoms with E-state index >= 15 is 0 Å². The zero-order valence-electron chi connectivity index (χ0n) is 11.6. The van der Waals surface area contributed by atoms with Gasteiger partial charge in [-0.15, -0.1) is 22.7 Å². The lowest BCUT2D eigenvalue weighted by atomic mass is 10.2. The molecule has 0 fully saturated rings. The lowest BCUT2D eigenvalue weighted by Crippen LogP contribution is -2.24. The first-order chi connectivity index (χ1) is 10.7. The largest absolute Gasteiger partial charge is 0.352 e.